The fourth-order valence-electron chi connectivity index (χ4n) is 2.80. The summed E-state index contributed by atoms with van der Waals surface area (Å²) in [5, 5.41) is 3.91. The van der Waals surface area contributed by atoms with Gasteiger partial charge < -0.3 is 9.26 Å². The van der Waals surface area contributed by atoms with Crippen molar-refractivity contribution in [2.24, 2.45) is 11.3 Å². The predicted molar refractivity (Wildman–Crippen MR) is 72.8 cm³/mol. The van der Waals surface area contributed by atoms with E-state index in [1.807, 2.05) is 6.92 Å². The number of carbonyl (C=O) groups excluding carboxylic acids is 1. The van der Waals surface area contributed by atoms with Gasteiger partial charge in [-0.3, -0.25) is 9.69 Å². The number of hydrogen-bond donors (Lipinski definition) is 0. The molecule has 1 aliphatic rings. The maximum Gasteiger partial charge on any atom is 0.313 e. The molecule has 0 aliphatic carbocycles. The van der Waals surface area contributed by atoms with Gasteiger partial charge in [0.05, 0.1) is 18.6 Å². The number of nitrogens with zero attached hydrogens (tertiary/aromatic N) is 3. The molecule has 1 fully saturated rings. The van der Waals surface area contributed by atoms with E-state index >= 15 is 0 Å². The van der Waals surface area contributed by atoms with Crippen LogP contribution >= 0.6 is 0 Å². The maximum atomic E-state index is 12.3. The van der Waals surface area contributed by atoms with Gasteiger partial charge in [-0.1, -0.05) is 19.0 Å². The molecule has 1 aromatic rings. The fourth-order valence-corrected chi connectivity index (χ4v) is 2.80. The van der Waals surface area contributed by atoms with E-state index in [-0.39, 0.29) is 11.9 Å². The Kier molecular flexibility index (Phi) is 4.42. The smallest absolute Gasteiger partial charge is 0.313 e. The molecule has 0 aromatic carbocycles. The van der Waals surface area contributed by atoms with Gasteiger partial charge in [-0.05, 0) is 25.8 Å². The Morgan fingerprint density at radius 2 is 2.30 bits per heavy atom. The van der Waals surface area contributed by atoms with Crippen LogP contribution in [0, 0.1) is 18.3 Å². The van der Waals surface area contributed by atoms with Gasteiger partial charge >= 0.3 is 5.97 Å². The second-order valence-electron chi connectivity index (χ2n) is 5.72. The summed E-state index contributed by atoms with van der Waals surface area (Å²) in [5.74, 6) is 1.41. The van der Waals surface area contributed by atoms with Gasteiger partial charge in [0.1, 0.15) is 0 Å². The Balaban J connectivity index is 2.05. The van der Waals surface area contributed by atoms with Crippen LogP contribution in [0.25, 0.3) is 0 Å². The quantitative estimate of drug-likeness (QED) is 0.766. The van der Waals surface area contributed by atoms with Gasteiger partial charge in [0.15, 0.2) is 5.82 Å². The average molecular weight is 281 g/mol. The number of rotatable bonds is 5. The standard InChI is InChI=1S/C14H23N3O3/c1-5-19-13(18)14(10(2)3)6-7-17(9-14)8-12-15-11(4)20-16-12/h10H,5-9H2,1-4H3/t14-/m0/s1. The molecule has 112 valence electrons. The molecule has 2 rings (SSSR count). The highest BCUT2D eigenvalue weighted by Crippen LogP contribution is 2.39. The molecule has 1 aliphatic heterocycles. The third kappa shape index (κ3) is 2.85. The summed E-state index contributed by atoms with van der Waals surface area (Å²) < 4.78 is 10.3. The first-order valence-corrected chi connectivity index (χ1v) is 7.16. The summed E-state index contributed by atoms with van der Waals surface area (Å²) in [4.78, 5) is 18.7. The van der Waals surface area contributed by atoms with Crippen LogP contribution in [0.5, 0.6) is 0 Å². The molecule has 2 heterocycles. The molecule has 0 unspecified atom stereocenters. The SMILES string of the molecule is CCOC(=O)[C@@]1(C(C)C)CCN(Cc2noc(C)n2)C1. The number of carbonyl (C=O) groups is 1. The van der Waals surface area contributed by atoms with Crippen LogP contribution in [0.2, 0.25) is 0 Å². The normalized spacial score (nSPS) is 23.4. The zero-order chi connectivity index (χ0) is 14.8. The largest absolute Gasteiger partial charge is 0.466 e. The van der Waals surface area contributed by atoms with Crippen molar-refractivity contribution in [3.63, 3.8) is 0 Å². The molecule has 1 aromatic heterocycles. The lowest BCUT2D eigenvalue weighted by Gasteiger charge is -2.30. The topological polar surface area (TPSA) is 68.5 Å². The van der Waals surface area contributed by atoms with E-state index < -0.39 is 5.41 Å². The molecule has 0 saturated carbocycles. The van der Waals surface area contributed by atoms with E-state index in [4.69, 9.17) is 9.26 Å². The Morgan fingerprint density at radius 1 is 1.55 bits per heavy atom. The van der Waals surface area contributed by atoms with Crippen LogP contribution in [-0.2, 0) is 16.1 Å². The molecular weight excluding hydrogens is 258 g/mol. The number of hydrogen-bond acceptors (Lipinski definition) is 6. The Labute approximate surface area is 119 Å². The van der Waals surface area contributed by atoms with Gasteiger partial charge in [0, 0.05) is 13.5 Å². The van der Waals surface area contributed by atoms with Crippen molar-refractivity contribution < 1.29 is 14.1 Å². The Morgan fingerprint density at radius 3 is 2.85 bits per heavy atom. The molecule has 0 spiro atoms. The van der Waals surface area contributed by atoms with Gasteiger partial charge in [0.2, 0.25) is 5.89 Å². The lowest BCUT2D eigenvalue weighted by atomic mass is 9.76. The summed E-state index contributed by atoms with van der Waals surface area (Å²) in [5.41, 5.74) is -0.408. The zero-order valence-corrected chi connectivity index (χ0v) is 12.7. The monoisotopic (exact) mass is 281 g/mol. The van der Waals surface area contributed by atoms with Crippen LogP contribution < -0.4 is 0 Å². The lowest BCUT2D eigenvalue weighted by molar-refractivity contribution is -0.157. The summed E-state index contributed by atoms with van der Waals surface area (Å²) in [6, 6.07) is 0. The number of likely N-dealkylation sites (tertiary alicyclic amines) is 1. The van der Waals surface area contributed by atoms with E-state index in [0.29, 0.717) is 31.4 Å². The third-order valence-corrected chi connectivity index (χ3v) is 4.10. The minimum atomic E-state index is -0.408. The van der Waals surface area contributed by atoms with Gasteiger partial charge in [-0.2, -0.15) is 4.98 Å². The first-order valence-electron chi connectivity index (χ1n) is 7.16. The van der Waals surface area contributed by atoms with Crippen LogP contribution in [0.4, 0.5) is 0 Å². The van der Waals surface area contributed by atoms with E-state index in [1.165, 1.54) is 0 Å². The molecule has 0 radical (unpaired) electrons. The number of esters is 1. The number of aryl methyl sites for hydroxylation is 1. The molecule has 1 saturated heterocycles. The fraction of sp³-hybridized carbons (Fsp3) is 0.786. The highest BCUT2D eigenvalue weighted by Gasteiger charge is 2.48. The van der Waals surface area contributed by atoms with E-state index in [9.17, 15) is 4.79 Å². The first-order chi connectivity index (χ1) is 9.48. The second-order valence-corrected chi connectivity index (χ2v) is 5.72. The van der Waals surface area contributed by atoms with Crippen LogP contribution in [-0.4, -0.2) is 40.7 Å². The van der Waals surface area contributed by atoms with E-state index in [1.54, 1.807) is 6.92 Å². The minimum Gasteiger partial charge on any atom is -0.466 e. The van der Waals surface area contributed by atoms with E-state index in [0.717, 1.165) is 13.0 Å². The number of aromatic nitrogens is 2. The first kappa shape index (κ1) is 15.0. The molecule has 0 amide bonds. The van der Waals surface area contributed by atoms with Crippen LogP contribution in [0.15, 0.2) is 4.52 Å². The molecule has 0 bridgehead atoms. The lowest BCUT2D eigenvalue weighted by Crippen LogP contribution is -2.40. The van der Waals surface area contributed by atoms with Crippen molar-refractivity contribution in [2.75, 3.05) is 19.7 Å². The average Bonchev–Trinajstić information content (AvgIpc) is 2.98. The molecule has 20 heavy (non-hydrogen) atoms. The van der Waals surface area contributed by atoms with Crippen molar-refractivity contribution >= 4 is 5.97 Å². The third-order valence-electron chi connectivity index (χ3n) is 4.10. The van der Waals surface area contributed by atoms with Crippen molar-refractivity contribution in [3.05, 3.63) is 11.7 Å². The van der Waals surface area contributed by atoms with Gasteiger partial charge in [0.25, 0.3) is 0 Å². The molecule has 6 nitrogen and oxygen atoms in total. The van der Waals surface area contributed by atoms with Crippen molar-refractivity contribution in [3.8, 4) is 0 Å². The summed E-state index contributed by atoms with van der Waals surface area (Å²) >= 11 is 0. The van der Waals surface area contributed by atoms with Crippen LogP contribution in [0.1, 0.15) is 38.9 Å². The molecule has 1 atom stereocenters. The summed E-state index contributed by atoms with van der Waals surface area (Å²) in [6.07, 6.45) is 0.820. The van der Waals surface area contributed by atoms with Crippen molar-refractivity contribution in [1.29, 1.82) is 0 Å². The zero-order valence-electron chi connectivity index (χ0n) is 12.7. The van der Waals surface area contributed by atoms with Gasteiger partial charge in [-0.15, -0.1) is 0 Å². The van der Waals surface area contributed by atoms with Gasteiger partial charge in [-0.25, -0.2) is 0 Å². The number of ether oxygens (including phenoxy) is 1. The van der Waals surface area contributed by atoms with E-state index in [2.05, 4.69) is 28.9 Å². The highest BCUT2D eigenvalue weighted by molar-refractivity contribution is 5.78. The second kappa shape index (κ2) is 5.91. The molecule has 6 heteroatoms. The summed E-state index contributed by atoms with van der Waals surface area (Å²) in [7, 11) is 0. The van der Waals surface area contributed by atoms with Crippen LogP contribution in [0.3, 0.4) is 0 Å². The van der Waals surface area contributed by atoms with Crippen molar-refractivity contribution in [1.82, 2.24) is 15.0 Å². The summed E-state index contributed by atoms with van der Waals surface area (Å²) in [6.45, 7) is 10.4. The molecule has 0 N–H and O–H groups in total. The highest BCUT2D eigenvalue weighted by atomic mass is 16.5. The molecular formula is C14H23N3O3. The Hall–Kier alpha value is -1.43. The Bertz CT molecular complexity index is 472. The maximum absolute atomic E-state index is 12.3. The van der Waals surface area contributed by atoms with Crippen molar-refractivity contribution in [2.45, 2.75) is 40.7 Å². The minimum absolute atomic E-state index is 0.0817. The predicted octanol–water partition coefficient (Wildman–Crippen LogP) is 1.79.